The Balaban J connectivity index is 2.94. The average Bonchev–Trinajstić information content (AvgIpc) is 2.60. The van der Waals surface area contributed by atoms with Crippen LogP contribution < -0.4 is 5.48 Å². The van der Waals surface area contributed by atoms with E-state index in [1.807, 2.05) is 6.07 Å². The number of nitrogens with one attached hydrogen (secondary N) is 1. The van der Waals surface area contributed by atoms with Gasteiger partial charge in [0.2, 0.25) is 0 Å². The summed E-state index contributed by atoms with van der Waals surface area (Å²) in [7, 11) is 0. The van der Waals surface area contributed by atoms with Crippen LogP contribution in [0.5, 0.6) is 0 Å². The topological polar surface area (TPSA) is 49.3 Å². The third kappa shape index (κ3) is 2.33. The van der Waals surface area contributed by atoms with Gasteiger partial charge in [-0.05, 0) is 24.5 Å². The number of rotatable bonds is 4. The Morgan fingerprint density at radius 2 is 2.29 bits per heavy atom. The molecule has 0 aromatic carbocycles. The Bertz CT molecular complexity index is 320. The molecular formula is C10H15NO2S. The van der Waals surface area contributed by atoms with Gasteiger partial charge >= 0.3 is 0 Å². The van der Waals surface area contributed by atoms with Crippen molar-refractivity contribution < 1.29 is 10.0 Å². The SMILES string of the molecule is CCCc1sc(C(=O)NO)cc1CC. The lowest BCUT2D eigenvalue weighted by atomic mass is 10.1. The smallest absolute Gasteiger partial charge is 0.284 e. The number of carbonyl (C=O) groups excluding carboxylic acids is 1. The van der Waals surface area contributed by atoms with Crippen LogP contribution in [0, 0.1) is 0 Å². The number of hydrogen-bond donors (Lipinski definition) is 2. The highest BCUT2D eigenvalue weighted by Gasteiger charge is 2.12. The molecule has 1 aromatic heterocycles. The van der Waals surface area contributed by atoms with E-state index in [4.69, 9.17) is 5.21 Å². The molecule has 14 heavy (non-hydrogen) atoms. The maximum Gasteiger partial charge on any atom is 0.284 e. The predicted octanol–water partition coefficient (Wildman–Crippen LogP) is 2.38. The van der Waals surface area contributed by atoms with Gasteiger partial charge in [-0.3, -0.25) is 10.0 Å². The summed E-state index contributed by atoms with van der Waals surface area (Å²) in [5.41, 5.74) is 2.88. The third-order valence-corrected chi connectivity index (χ3v) is 3.32. The summed E-state index contributed by atoms with van der Waals surface area (Å²) >= 11 is 1.47. The Morgan fingerprint density at radius 1 is 1.57 bits per heavy atom. The second-order valence-corrected chi connectivity index (χ2v) is 4.24. The number of thiophene rings is 1. The molecule has 1 aromatic rings. The molecule has 0 aliphatic carbocycles. The molecule has 0 atom stereocenters. The first-order valence-electron chi connectivity index (χ1n) is 4.78. The standard InChI is InChI=1S/C10H15NO2S/c1-3-5-8-7(4-2)6-9(14-8)10(12)11-13/h6,13H,3-5H2,1-2H3,(H,11,12). The zero-order valence-corrected chi connectivity index (χ0v) is 9.28. The minimum Gasteiger partial charge on any atom is -0.288 e. The van der Waals surface area contributed by atoms with E-state index >= 15 is 0 Å². The van der Waals surface area contributed by atoms with E-state index in [0.29, 0.717) is 4.88 Å². The first kappa shape index (κ1) is 11.2. The van der Waals surface area contributed by atoms with E-state index in [1.165, 1.54) is 21.8 Å². The largest absolute Gasteiger partial charge is 0.288 e. The van der Waals surface area contributed by atoms with Crippen LogP contribution in [-0.2, 0) is 12.8 Å². The maximum absolute atomic E-state index is 11.1. The summed E-state index contributed by atoms with van der Waals surface area (Å²) in [5.74, 6) is -0.410. The summed E-state index contributed by atoms with van der Waals surface area (Å²) in [6.45, 7) is 4.19. The van der Waals surface area contributed by atoms with Crippen molar-refractivity contribution in [1.82, 2.24) is 5.48 Å². The fourth-order valence-electron chi connectivity index (χ4n) is 1.37. The number of amides is 1. The molecule has 1 amide bonds. The molecule has 0 fully saturated rings. The minimum atomic E-state index is -0.410. The van der Waals surface area contributed by atoms with Crippen LogP contribution in [0.1, 0.15) is 40.4 Å². The lowest BCUT2D eigenvalue weighted by Crippen LogP contribution is -2.16. The van der Waals surface area contributed by atoms with Crippen molar-refractivity contribution in [2.75, 3.05) is 0 Å². The van der Waals surface area contributed by atoms with Crippen LogP contribution in [0.25, 0.3) is 0 Å². The van der Waals surface area contributed by atoms with Crippen molar-refractivity contribution in [1.29, 1.82) is 0 Å². The first-order chi connectivity index (χ1) is 6.72. The fourth-order valence-corrected chi connectivity index (χ4v) is 2.62. The number of aryl methyl sites for hydroxylation is 2. The van der Waals surface area contributed by atoms with Crippen molar-refractivity contribution in [3.8, 4) is 0 Å². The van der Waals surface area contributed by atoms with E-state index in [-0.39, 0.29) is 0 Å². The van der Waals surface area contributed by atoms with Crippen LogP contribution >= 0.6 is 11.3 Å². The summed E-state index contributed by atoms with van der Waals surface area (Å²) < 4.78 is 0. The van der Waals surface area contributed by atoms with Crippen molar-refractivity contribution in [2.45, 2.75) is 33.1 Å². The summed E-state index contributed by atoms with van der Waals surface area (Å²) in [4.78, 5) is 13.0. The van der Waals surface area contributed by atoms with E-state index in [2.05, 4.69) is 13.8 Å². The van der Waals surface area contributed by atoms with Crippen molar-refractivity contribution >= 4 is 17.2 Å². The molecule has 0 spiro atoms. The molecule has 78 valence electrons. The number of hydroxylamine groups is 1. The van der Waals surface area contributed by atoms with E-state index in [0.717, 1.165) is 19.3 Å². The molecule has 2 N–H and O–H groups in total. The van der Waals surface area contributed by atoms with E-state index in [9.17, 15) is 4.79 Å². The van der Waals surface area contributed by atoms with Gasteiger partial charge in [0.05, 0.1) is 4.88 Å². The summed E-state index contributed by atoms with van der Waals surface area (Å²) in [6.07, 6.45) is 3.02. The molecule has 1 rings (SSSR count). The van der Waals surface area contributed by atoms with Crippen LogP contribution in [0.2, 0.25) is 0 Å². The van der Waals surface area contributed by atoms with Crippen LogP contribution in [-0.4, -0.2) is 11.1 Å². The quantitative estimate of drug-likeness (QED) is 0.596. The number of hydrogen-bond acceptors (Lipinski definition) is 3. The molecule has 0 unspecified atom stereocenters. The van der Waals surface area contributed by atoms with Crippen molar-refractivity contribution in [3.05, 3.63) is 21.4 Å². The molecule has 0 saturated heterocycles. The van der Waals surface area contributed by atoms with E-state index < -0.39 is 5.91 Å². The maximum atomic E-state index is 11.1. The van der Waals surface area contributed by atoms with Gasteiger partial charge in [0, 0.05) is 4.88 Å². The lowest BCUT2D eigenvalue weighted by Gasteiger charge is -1.96. The van der Waals surface area contributed by atoms with Crippen molar-refractivity contribution in [3.63, 3.8) is 0 Å². The second kappa shape index (κ2) is 5.12. The molecule has 0 bridgehead atoms. The summed E-state index contributed by atoms with van der Waals surface area (Å²) in [5, 5.41) is 8.50. The molecule has 0 aliphatic rings. The van der Waals surface area contributed by atoms with Gasteiger partial charge in [0.25, 0.3) is 5.91 Å². The third-order valence-electron chi connectivity index (χ3n) is 2.08. The van der Waals surface area contributed by atoms with E-state index in [1.54, 1.807) is 5.48 Å². The van der Waals surface area contributed by atoms with Gasteiger partial charge in [-0.1, -0.05) is 20.3 Å². The van der Waals surface area contributed by atoms with Gasteiger partial charge in [-0.2, -0.15) is 0 Å². The monoisotopic (exact) mass is 213 g/mol. The van der Waals surface area contributed by atoms with Gasteiger partial charge in [0.1, 0.15) is 0 Å². The zero-order chi connectivity index (χ0) is 10.6. The molecule has 3 nitrogen and oxygen atoms in total. The van der Waals surface area contributed by atoms with Crippen molar-refractivity contribution in [2.24, 2.45) is 0 Å². The fraction of sp³-hybridized carbons (Fsp3) is 0.500. The van der Waals surface area contributed by atoms with Crippen LogP contribution in [0.3, 0.4) is 0 Å². The summed E-state index contributed by atoms with van der Waals surface area (Å²) in [6, 6.07) is 1.86. The zero-order valence-electron chi connectivity index (χ0n) is 8.46. The van der Waals surface area contributed by atoms with Gasteiger partial charge in [-0.25, -0.2) is 5.48 Å². The molecular weight excluding hydrogens is 198 g/mol. The average molecular weight is 213 g/mol. The normalized spacial score (nSPS) is 10.2. The van der Waals surface area contributed by atoms with Crippen LogP contribution in [0.4, 0.5) is 0 Å². The Kier molecular flexibility index (Phi) is 4.10. The Hall–Kier alpha value is -0.870. The highest BCUT2D eigenvalue weighted by atomic mass is 32.1. The van der Waals surface area contributed by atoms with Gasteiger partial charge < -0.3 is 0 Å². The molecule has 0 aliphatic heterocycles. The minimum absolute atomic E-state index is 0.410. The highest BCUT2D eigenvalue weighted by molar-refractivity contribution is 7.14. The Morgan fingerprint density at radius 3 is 2.79 bits per heavy atom. The van der Waals surface area contributed by atoms with Gasteiger partial charge in [0.15, 0.2) is 0 Å². The predicted molar refractivity (Wildman–Crippen MR) is 56.9 cm³/mol. The molecule has 0 radical (unpaired) electrons. The first-order valence-corrected chi connectivity index (χ1v) is 5.60. The lowest BCUT2D eigenvalue weighted by molar-refractivity contribution is 0.0711. The highest BCUT2D eigenvalue weighted by Crippen LogP contribution is 2.24. The molecule has 4 heteroatoms. The second-order valence-electron chi connectivity index (χ2n) is 3.10. The number of carbonyl (C=O) groups is 1. The van der Waals surface area contributed by atoms with Gasteiger partial charge in [-0.15, -0.1) is 11.3 Å². The Labute approximate surface area is 87.7 Å². The molecule has 1 heterocycles. The van der Waals surface area contributed by atoms with Crippen LogP contribution in [0.15, 0.2) is 6.07 Å². The molecule has 0 saturated carbocycles.